The number of carbonyl (C=O) groups excluding carboxylic acids is 1. The zero-order valence-electron chi connectivity index (χ0n) is 7.75. The van der Waals surface area contributed by atoms with Gasteiger partial charge >= 0.3 is 5.97 Å². The molecule has 0 aliphatic carbocycles. The predicted molar refractivity (Wildman–Crippen MR) is 53.6 cm³/mol. The van der Waals surface area contributed by atoms with E-state index >= 15 is 0 Å². The van der Waals surface area contributed by atoms with Gasteiger partial charge in [-0.2, -0.15) is 0 Å². The van der Waals surface area contributed by atoms with Crippen molar-refractivity contribution >= 4 is 23.6 Å². The minimum Gasteiger partial charge on any atom is -0.480 e. The number of aliphatic carboxylic acids is 1. The van der Waals surface area contributed by atoms with Crippen LogP contribution in [-0.4, -0.2) is 39.6 Å². The van der Waals surface area contributed by atoms with Crippen molar-refractivity contribution in [2.45, 2.75) is 6.04 Å². The fraction of sp³-hybridized carbons (Fsp3) is 0.333. The van der Waals surface area contributed by atoms with E-state index in [0.717, 1.165) is 0 Å². The van der Waals surface area contributed by atoms with Gasteiger partial charge in [-0.15, -0.1) is 11.8 Å². The number of thioether (sulfide) groups is 1. The van der Waals surface area contributed by atoms with Crippen molar-refractivity contribution in [2.75, 3.05) is 11.6 Å². The lowest BCUT2D eigenvalue weighted by molar-refractivity contribution is -0.140. The monoisotopic (exact) mass is 227 g/mol. The minimum atomic E-state index is -0.972. The molecule has 2 heterocycles. The van der Waals surface area contributed by atoms with Crippen molar-refractivity contribution in [1.82, 2.24) is 4.90 Å². The summed E-state index contributed by atoms with van der Waals surface area (Å²) in [5.41, 5.74) is 0. The summed E-state index contributed by atoms with van der Waals surface area (Å²) in [4.78, 5) is 23.9. The maximum Gasteiger partial charge on any atom is 0.327 e. The second kappa shape index (κ2) is 3.98. The van der Waals surface area contributed by atoms with Gasteiger partial charge in [-0.05, 0) is 12.1 Å². The van der Waals surface area contributed by atoms with Crippen molar-refractivity contribution in [2.24, 2.45) is 0 Å². The number of carboxylic acids is 1. The Morgan fingerprint density at radius 3 is 3.00 bits per heavy atom. The largest absolute Gasteiger partial charge is 0.480 e. The fourth-order valence-corrected chi connectivity index (χ4v) is 2.53. The van der Waals surface area contributed by atoms with Gasteiger partial charge in [-0.3, -0.25) is 4.79 Å². The molecule has 1 fully saturated rings. The second-order valence-electron chi connectivity index (χ2n) is 3.11. The molecule has 0 unspecified atom stereocenters. The molecule has 1 atom stereocenters. The zero-order chi connectivity index (χ0) is 10.8. The van der Waals surface area contributed by atoms with Crippen LogP contribution >= 0.6 is 11.8 Å². The molecule has 6 heteroatoms. The molecule has 1 amide bonds. The summed E-state index contributed by atoms with van der Waals surface area (Å²) in [5, 5.41) is 8.89. The molecule has 0 saturated carbocycles. The van der Waals surface area contributed by atoms with E-state index in [4.69, 9.17) is 9.52 Å². The molecule has 80 valence electrons. The van der Waals surface area contributed by atoms with Gasteiger partial charge < -0.3 is 14.4 Å². The lowest BCUT2D eigenvalue weighted by atomic mass is 10.3. The van der Waals surface area contributed by atoms with Crippen LogP contribution < -0.4 is 0 Å². The first kappa shape index (κ1) is 10.1. The SMILES string of the molecule is O=C(O)[C@H]1CSCN1C(=O)c1ccco1. The molecule has 1 aromatic heterocycles. The van der Waals surface area contributed by atoms with E-state index in [1.807, 2.05) is 0 Å². The highest BCUT2D eigenvalue weighted by molar-refractivity contribution is 7.99. The number of carboxylic acid groups (broad SMARTS) is 1. The van der Waals surface area contributed by atoms with E-state index in [9.17, 15) is 9.59 Å². The molecule has 0 spiro atoms. The first-order chi connectivity index (χ1) is 7.20. The summed E-state index contributed by atoms with van der Waals surface area (Å²) in [6, 6.07) is 2.39. The molecule has 15 heavy (non-hydrogen) atoms. The van der Waals surface area contributed by atoms with Crippen LogP contribution in [0.2, 0.25) is 0 Å². The molecule has 1 aliphatic heterocycles. The number of carbonyl (C=O) groups is 2. The first-order valence-electron chi connectivity index (χ1n) is 4.35. The van der Waals surface area contributed by atoms with Crippen LogP contribution in [0.1, 0.15) is 10.6 Å². The van der Waals surface area contributed by atoms with Gasteiger partial charge in [0.15, 0.2) is 5.76 Å². The first-order valence-corrected chi connectivity index (χ1v) is 5.50. The highest BCUT2D eigenvalue weighted by Crippen LogP contribution is 2.23. The summed E-state index contributed by atoms with van der Waals surface area (Å²) in [6.07, 6.45) is 1.40. The Hall–Kier alpha value is -1.43. The standard InChI is InChI=1S/C9H9NO4S/c11-8(7-2-1-3-14-7)10-5-15-4-6(10)9(12)13/h1-3,6H,4-5H2,(H,12,13)/t6-/m1/s1. The smallest absolute Gasteiger partial charge is 0.327 e. The molecule has 2 rings (SSSR count). The van der Waals surface area contributed by atoms with Crippen molar-refractivity contribution in [1.29, 1.82) is 0 Å². The molecule has 1 aliphatic rings. The number of nitrogens with zero attached hydrogens (tertiary/aromatic N) is 1. The van der Waals surface area contributed by atoms with Crippen LogP contribution in [0.5, 0.6) is 0 Å². The average molecular weight is 227 g/mol. The summed E-state index contributed by atoms with van der Waals surface area (Å²) < 4.78 is 4.94. The third-order valence-electron chi connectivity index (χ3n) is 2.16. The molecule has 0 aromatic carbocycles. The normalized spacial score (nSPS) is 20.5. The third kappa shape index (κ3) is 1.85. The molecule has 1 saturated heterocycles. The van der Waals surface area contributed by atoms with Crippen molar-refractivity contribution in [3.05, 3.63) is 24.2 Å². The Labute approximate surface area is 90.0 Å². The van der Waals surface area contributed by atoms with E-state index in [0.29, 0.717) is 11.6 Å². The Kier molecular flexibility index (Phi) is 2.68. The van der Waals surface area contributed by atoms with Crippen LogP contribution in [0.15, 0.2) is 22.8 Å². The van der Waals surface area contributed by atoms with Crippen molar-refractivity contribution in [3.8, 4) is 0 Å². The minimum absolute atomic E-state index is 0.184. The van der Waals surface area contributed by atoms with Crippen LogP contribution in [-0.2, 0) is 4.79 Å². The van der Waals surface area contributed by atoms with Crippen LogP contribution in [0.25, 0.3) is 0 Å². The lowest BCUT2D eigenvalue weighted by Gasteiger charge is -2.18. The molecule has 0 radical (unpaired) electrons. The van der Waals surface area contributed by atoms with Crippen LogP contribution in [0, 0.1) is 0 Å². The zero-order valence-corrected chi connectivity index (χ0v) is 8.57. The predicted octanol–water partition coefficient (Wildman–Crippen LogP) is 0.879. The maximum absolute atomic E-state index is 11.8. The fourth-order valence-electron chi connectivity index (χ4n) is 1.39. The van der Waals surface area contributed by atoms with Crippen molar-refractivity contribution < 1.29 is 19.1 Å². The molecule has 1 N–H and O–H groups in total. The van der Waals surface area contributed by atoms with Gasteiger partial charge in [0, 0.05) is 5.75 Å². The van der Waals surface area contributed by atoms with E-state index in [-0.39, 0.29) is 11.7 Å². The Balaban J connectivity index is 2.17. The highest BCUT2D eigenvalue weighted by atomic mass is 32.2. The van der Waals surface area contributed by atoms with Gasteiger partial charge in [-0.1, -0.05) is 0 Å². The summed E-state index contributed by atoms with van der Waals surface area (Å²) in [5.74, 6) is -0.320. The van der Waals surface area contributed by atoms with E-state index in [1.165, 1.54) is 29.0 Å². The van der Waals surface area contributed by atoms with Crippen molar-refractivity contribution in [3.63, 3.8) is 0 Å². The molecular formula is C9H9NO4S. The van der Waals surface area contributed by atoms with Gasteiger partial charge in [0.05, 0.1) is 12.1 Å². The number of hydrogen-bond acceptors (Lipinski definition) is 4. The Bertz CT molecular complexity index is 375. The van der Waals surface area contributed by atoms with Crippen LogP contribution in [0.4, 0.5) is 0 Å². The summed E-state index contributed by atoms with van der Waals surface area (Å²) in [6.45, 7) is 0. The van der Waals surface area contributed by atoms with Gasteiger partial charge in [0.1, 0.15) is 6.04 Å². The molecule has 5 nitrogen and oxygen atoms in total. The third-order valence-corrected chi connectivity index (χ3v) is 3.17. The Morgan fingerprint density at radius 2 is 2.40 bits per heavy atom. The quantitative estimate of drug-likeness (QED) is 0.812. The van der Waals surface area contributed by atoms with Gasteiger partial charge in [-0.25, -0.2) is 4.79 Å². The van der Waals surface area contributed by atoms with Crippen LogP contribution in [0.3, 0.4) is 0 Å². The number of furan rings is 1. The highest BCUT2D eigenvalue weighted by Gasteiger charge is 2.35. The summed E-state index contributed by atoms with van der Waals surface area (Å²) >= 11 is 1.43. The molecule has 1 aromatic rings. The van der Waals surface area contributed by atoms with E-state index < -0.39 is 12.0 Å². The average Bonchev–Trinajstić information content (AvgIpc) is 2.88. The number of amides is 1. The number of rotatable bonds is 2. The molecule has 0 bridgehead atoms. The second-order valence-corrected chi connectivity index (χ2v) is 4.11. The molecular weight excluding hydrogens is 218 g/mol. The maximum atomic E-state index is 11.8. The topological polar surface area (TPSA) is 70.8 Å². The lowest BCUT2D eigenvalue weighted by Crippen LogP contribution is -2.41. The van der Waals surface area contributed by atoms with Gasteiger partial charge in [0.2, 0.25) is 0 Å². The Morgan fingerprint density at radius 1 is 1.60 bits per heavy atom. The van der Waals surface area contributed by atoms with E-state index in [1.54, 1.807) is 6.07 Å². The van der Waals surface area contributed by atoms with E-state index in [2.05, 4.69) is 0 Å². The summed E-state index contributed by atoms with van der Waals surface area (Å²) in [7, 11) is 0. The number of hydrogen-bond donors (Lipinski definition) is 1. The van der Waals surface area contributed by atoms with Gasteiger partial charge in [0.25, 0.3) is 5.91 Å².